The van der Waals surface area contributed by atoms with Crippen LogP contribution in [0.4, 0.5) is 0 Å². The first-order valence-corrected chi connectivity index (χ1v) is 5.13. The number of rotatable bonds is 4. The van der Waals surface area contributed by atoms with Crippen molar-refractivity contribution in [3.05, 3.63) is 0 Å². The number of nitrogens with zero attached hydrogens (tertiary/aromatic N) is 1. The molecule has 0 aliphatic carbocycles. The van der Waals surface area contributed by atoms with Crippen molar-refractivity contribution in [2.24, 2.45) is 0 Å². The fourth-order valence-electron chi connectivity index (χ4n) is 1.52. The summed E-state index contributed by atoms with van der Waals surface area (Å²) in [6, 6.07) is 0. The predicted octanol–water partition coefficient (Wildman–Crippen LogP) is 0.415. The van der Waals surface area contributed by atoms with Crippen molar-refractivity contribution < 1.29 is 18.8 Å². The van der Waals surface area contributed by atoms with E-state index in [0.717, 1.165) is 17.6 Å². The second-order valence-corrected chi connectivity index (χ2v) is 4.36. The smallest absolute Gasteiger partial charge is 0.361 e. The highest BCUT2D eigenvalue weighted by Gasteiger charge is 2.30. The Balaban J connectivity index is 2.30. The minimum absolute atomic E-state index is 0.0942. The van der Waals surface area contributed by atoms with Gasteiger partial charge < -0.3 is 14.0 Å². The van der Waals surface area contributed by atoms with Crippen LogP contribution in [0.1, 0.15) is 13.8 Å². The van der Waals surface area contributed by atoms with Crippen LogP contribution < -0.4 is 0 Å². The molecule has 1 rings (SSSR count). The summed E-state index contributed by atoms with van der Waals surface area (Å²) in [5.74, 6) is -0.0942. The number of hydrogen-bond acceptors (Lipinski definition) is 3. The summed E-state index contributed by atoms with van der Waals surface area (Å²) in [6.45, 7) is 7.54. The van der Waals surface area contributed by atoms with Crippen molar-refractivity contribution in [1.29, 1.82) is 0 Å². The summed E-state index contributed by atoms with van der Waals surface area (Å²) in [7, 11) is 2.07. The van der Waals surface area contributed by atoms with Crippen LogP contribution in [0, 0.1) is 0 Å². The molecule has 0 aromatic carbocycles. The highest BCUT2D eigenvalue weighted by molar-refractivity contribution is 5.71. The number of carbonyl (C=O) groups is 1. The monoisotopic (exact) mass is 202 g/mol. The second kappa shape index (κ2) is 4.75. The minimum Gasteiger partial charge on any atom is -0.456 e. The lowest BCUT2D eigenvalue weighted by atomic mass is 10.3. The Morgan fingerprint density at radius 2 is 2.29 bits per heavy atom. The number of morpholine rings is 1. The third kappa shape index (κ3) is 3.64. The van der Waals surface area contributed by atoms with Crippen LogP contribution in [0.15, 0.2) is 0 Å². The third-order valence-corrected chi connectivity index (χ3v) is 2.49. The fraction of sp³-hybridized carbons (Fsp3) is 0.900. The van der Waals surface area contributed by atoms with Crippen molar-refractivity contribution in [3.63, 3.8) is 0 Å². The molecule has 0 radical (unpaired) electrons. The Hall–Kier alpha value is -0.610. The van der Waals surface area contributed by atoms with Gasteiger partial charge in [0, 0.05) is 0 Å². The standard InChI is InChI=1S/C10H20NO3/c1-9(2)13-6-4-11(3)5-7-14-10(12)8-11/h9H,4-8H2,1-3H3/q+1. The van der Waals surface area contributed by atoms with E-state index in [1.807, 2.05) is 13.8 Å². The topological polar surface area (TPSA) is 35.5 Å². The van der Waals surface area contributed by atoms with Gasteiger partial charge in [0.1, 0.15) is 19.7 Å². The van der Waals surface area contributed by atoms with E-state index < -0.39 is 0 Å². The molecular weight excluding hydrogens is 182 g/mol. The summed E-state index contributed by atoms with van der Waals surface area (Å²) in [5, 5.41) is 0. The Morgan fingerprint density at radius 3 is 2.86 bits per heavy atom. The maximum Gasteiger partial charge on any atom is 0.361 e. The van der Waals surface area contributed by atoms with Gasteiger partial charge in [-0.15, -0.1) is 0 Å². The normalized spacial score (nSPS) is 27.9. The first-order valence-electron chi connectivity index (χ1n) is 5.13. The average Bonchev–Trinajstić information content (AvgIpc) is 2.01. The highest BCUT2D eigenvalue weighted by Crippen LogP contribution is 2.08. The van der Waals surface area contributed by atoms with Gasteiger partial charge in [0.2, 0.25) is 0 Å². The molecule has 1 saturated heterocycles. The van der Waals surface area contributed by atoms with Gasteiger partial charge in [-0.1, -0.05) is 0 Å². The summed E-state index contributed by atoms with van der Waals surface area (Å²) in [6.07, 6.45) is 0.262. The molecule has 1 atom stereocenters. The van der Waals surface area contributed by atoms with E-state index in [4.69, 9.17) is 9.47 Å². The summed E-state index contributed by atoms with van der Waals surface area (Å²) >= 11 is 0. The van der Waals surface area contributed by atoms with Gasteiger partial charge in [0.05, 0.1) is 19.8 Å². The minimum atomic E-state index is -0.0942. The molecule has 0 bridgehead atoms. The number of esters is 1. The van der Waals surface area contributed by atoms with E-state index in [0.29, 0.717) is 19.8 Å². The fourth-order valence-corrected chi connectivity index (χ4v) is 1.52. The Kier molecular flexibility index (Phi) is 3.89. The van der Waals surface area contributed by atoms with Crippen molar-refractivity contribution in [2.75, 3.05) is 39.9 Å². The quantitative estimate of drug-likeness (QED) is 0.489. The highest BCUT2D eigenvalue weighted by atomic mass is 16.5. The molecule has 4 nitrogen and oxygen atoms in total. The van der Waals surface area contributed by atoms with Crippen LogP contribution in [-0.2, 0) is 14.3 Å². The lowest BCUT2D eigenvalue weighted by Crippen LogP contribution is -2.55. The molecule has 1 unspecified atom stereocenters. The van der Waals surface area contributed by atoms with Gasteiger partial charge in [-0.05, 0) is 13.8 Å². The SMILES string of the molecule is CC(C)OCC[N+]1(C)CCOC(=O)C1. The average molecular weight is 202 g/mol. The molecule has 0 aromatic heterocycles. The van der Waals surface area contributed by atoms with Gasteiger partial charge in [-0.25, -0.2) is 4.79 Å². The number of quaternary nitrogens is 1. The van der Waals surface area contributed by atoms with Crippen LogP contribution >= 0.6 is 0 Å². The predicted molar refractivity (Wildman–Crippen MR) is 52.8 cm³/mol. The zero-order valence-corrected chi connectivity index (χ0v) is 9.28. The van der Waals surface area contributed by atoms with Crippen molar-refractivity contribution >= 4 is 5.97 Å². The molecule has 0 N–H and O–H groups in total. The molecule has 14 heavy (non-hydrogen) atoms. The van der Waals surface area contributed by atoms with Crippen molar-refractivity contribution in [3.8, 4) is 0 Å². The summed E-state index contributed by atoms with van der Waals surface area (Å²) in [5.41, 5.74) is 0. The van der Waals surface area contributed by atoms with E-state index in [1.54, 1.807) is 0 Å². The van der Waals surface area contributed by atoms with E-state index in [1.165, 1.54) is 0 Å². The largest absolute Gasteiger partial charge is 0.456 e. The molecule has 0 spiro atoms. The molecule has 1 fully saturated rings. The summed E-state index contributed by atoms with van der Waals surface area (Å²) < 4.78 is 11.1. The molecule has 1 aliphatic rings. The van der Waals surface area contributed by atoms with Crippen molar-refractivity contribution in [2.45, 2.75) is 20.0 Å². The van der Waals surface area contributed by atoms with Gasteiger partial charge in [0.25, 0.3) is 0 Å². The van der Waals surface area contributed by atoms with Crippen molar-refractivity contribution in [1.82, 2.24) is 0 Å². The van der Waals surface area contributed by atoms with E-state index in [-0.39, 0.29) is 12.1 Å². The Morgan fingerprint density at radius 1 is 1.57 bits per heavy atom. The Labute approximate surface area is 85.4 Å². The first-order chi connectivity index (χ1) is 6.52. The second-order valence-electron chi connectivity index (χ2n) is 4.36. The van der Waals surface area contributed by atoms with Gasteiger partial charge in [-0.3, -0.25) is 0 Å². The lowest BCUT2D eigenvalue weighted by Gasteiger charge is -2.36. The molecule has 1 aliphatic heterocycles. The third-order valence-electron chi connectivity index (χ3n) is 2.49. The van der Waals surface area contributed by atoms with Crippen LogP contribution in [0.5, 0.6) is 0 Å². The number of ether oxygens (including phenoxy) is 2. The molecule has 1 heterocycles. The van der Waals surface area contributed by atoms with E-state index in [9.17, 15) is 4.79 Å². The number of likely N-dealkylation sites (N-methyl/N-ethyl adjacent to an activating group) is 1. The molecular formula is C10H20NO3+. The van der Waals surface area contributed by atoms with E-state index in [2.05, 4.69) is 7.05 Å². The van der Waals surface area contributed by atoms with Crippen LogP contribution in [-0.4, -0.2) is 56.5 Å². The lowest BCUT2D eigenvalue weighted by molar-refractivity contribution is -0.907. The Bertz CT molecular complexity index is 206. The molecule has 4 heteroatoms. The number of hydrogen-bond donors (Lipinski definition) is 0. The molecule has 0 saturated carbocycles. The zero-order valence-electron chi connectivity index (χ0n) is 9.28. The molecule has 82 valence electrons. The summed E-state index contributed by atoms with van der Waals surface area (Å²) in [4.78, 5) is 11.1. The number of cyclic esters (lactones) is 1. The molecule has 0 aromatic rings. The van der Waals surface area contributed by atoms with Gasteiger partial charge in [0.15, 0.2) is 6.54 Å². The first kappa shape index (κ1) is 11.5. The van der Waals surface area contributed by atoms with E-state index >= 15 is 0 Å². The van der Waals surface area contributed by atoms with Crippen LogP contribution in [0.25, 0.3) is 0 Å². The van der Waals surface area contributed by atoms with Gasteiger partial charge >= 0.3 is 5.97 Å². The number of carbonyl (C=O) groups excluding carboxylic acids is 1. The van der Waals surface area contributed by atoms with Crippen LogP contribution in [0.2, 0.25) is 0 Å². The zero-order chi connectivity index (χ0) is 10.6. The molecule has 0 amide bonds. The maximum absolute atomic E-state index is 11.1. The maximum atomic E-state index is 11.1. The van der Waals surface area contributed by atoms with Gasteiger partial charge in [-0.2, -0.15) is 0 Å². The van der Waals surface area contributed by atoms with Crippen LogP contribution in [0.3, 0.4) is 0 Å².